The molecule has 2 aromatic rings. The zero-order valence-electron chi connectivity index (χ0n) is 12.4. The highest BCUT2D eigenvalue weighted by Crippen LogP contribution is 2.23. The lowest BCUT2D eigenvalue weighted by atomic mass is 10.2. The summed E-state index contributed by atoms with van der Waals surface area (Å²) in [5.74, 6) is 1.36. The average molecular weight is 351 g/mol. The molecule has 0 aliphatic rings. The third-order valence-corrected chi connectivity index (χ3v) is 3.74. The summed E-state index contributed by atoms with van der Waals surface area (Å²) >= 11 is 3.53. The van der Waals surface area contributed by atoms with Crippen molar-refractivity contribution >= 4 is 33.4 Å². The minimum absolute atomic E-state index is 0.598. The summed E-state index contributed by atoms with van der Waals surface area (Å²) in [7, 11) is 1.67. The molecular formula is C15H19BrN4O. The molecule has 0 unspecified atom stereocenters. The zero-order valence-corrected chi connectivity index (χ0v) is 14.0. The van der Waals surface area contributed by atoms with Crippen LogP contribution in [0.4, 0.5) is 17.5 Å². The normalized spacial score (nSPS) is 10.5. The third kappa shape index (κ3) is 4.68. The second-order valence-electron chi connectivity index (χ2n) is 4.73. The molecule has 0 amide bonds. The van der Waals surface area contributed by atoms with E-state index in [1.807, 2.05) is 25.1 Å². The van der Waals surface area contributed by atoms with Crippen molar-refractivity contribution < 1.29 is 4.74 Å². The molecular weight excluding hydrogens is 332 g/mol. The maximum atomic E-state index is 5.01. The summed E-state index contributed by atoms with van der Waals surface area (Å²) in [5.41, 5.74) is 3.08. The van der Waals surface area contributed by atoms with Crippen LogP contribution in [-0.4, -0.2) is 30.2 Å². The van der Waals surface area contributed by atoms with Crippen molar-refractivity contribution in [1.82, 2.24) is 9.97 Å². The van der Waals surface area contributed by atoms with E-state index in [0.717, 1.165) is 21.7 Å². The minimum Gasteiger partial charge on any atom is -0.383 e. The van der Waals surface area contributed by atoms with Crippen molar-refractivity contribution in [2.75, 3.05) is 30.9 Å². The molecule has 0 fully saturated rings. The second-order valence-corrected chi connectivity index (χ2v) is 5.58. The standard InChI is InChI=1S/C15H19BrN4O/c1-10-4-5-12(9-13(10)16)19-14-8-11(2)18-15(20-14)17-6-7-21-3/h4-5,8-9H,6-7H2,1-3H3,(H2,17,18,19,20). The Hall–Kier alpha value is -1.66. The first kappa shape index (κ1) is 15.7. The molecule has 0 spiro atoms. The van der Waals surface area contributed by atoms with E-state index in [-0.39, 0.29) is 0 Å². The monoisotopic (exact) mass is 350 g/mol. The van der Waals surface area contributed by atoms with Crippen molar-refractivity contribution in [2.45, 2.75) is 13.8 Å². The fourth-order valence-electron chi connectivity index (χ4n) is 1.80. The number of nitrogens with one attached hydrogen (secondary N) is 2. The summed E-state index contributed by atoms with van der Waals surface area (Å²) < 4.78 is 6.07. The van der Waals surface area contributed by atoms with Crippen molar-refractivity contribution in [2.24, 2.45) is 0 Å². The Morgan fingerprint density at radius 2 is 2.00 bits per heavy atom. The van der Waals surface area contributed by atoms with Gasteiger partial charge in [0.25, 0.3) is 0 Å². The Labute approximate surface area is 133 Å². The smallest absolute Gasteiger partial charge is 0.224 e. The van der Waals surface area contributed by atoms with Crippen LogP contribution in [0.5, 0.6) is 0 Å². The first-order valence-corrected chi connectivity index (χ1v) is 7.49. The van der Waals surface area contributed by atoms with Crippen molar-refractivity contribution in [3.8, 4) is 0 Å². The molecule has 0 saturated carbocycles. The van der Waals surface area contributed by atoms with Crippen LogP contribution in [0.2, 0.25) is 0 Å². The first-order chi connectivity index (χ1) is 10.1. The van der Waals surface area contributed by atoms with Gasteiger partial charge < -0.3 is 15.4 Å². The Bertz CT molecular complexity index is 619. The second kappa shape index (κ2) is 7.38. The number of methoxy groups -OCH3 is 1. The Morgan fingerprint density at radius 1 is 1.19 bits per heavy atom. The van der Waals surface area contributed by atoms with Gasteiger partial charge in [-0.2, -0.15) is 4.98 Å². The highest BCUT2D eigenvalue weighted by molar-refractivity contribution is 9.10. The van der Waals surface area contributed by atoms with Gasteiger partial charge in [0.05, 0.1) is 6.61 Å². The summed E-state index contributed by atoms with van der Waals surface area (Å²) in [4.78, 5) is 8.80. The van der Waals surface area contributed by atoms with Gasteiger partial charge >= 0.3 is 0 Å². The van der Waals surface area contributed by atoms with E-state index in [9.17, 15) is 0 Å². The molecule has 2 N–H and O–H groups in total. The Kier molecular flexibility index (Phi) is 5.52. The summed E-state index contributed by atoms with van der Waals surface area (Å²) in [6.07, 6.45) is 0. The number of anilines is 3. The number of halogens is 1. The number of ether oxygens (including phenoxy) is 1. The molecule has 2 rings (SSSR count). The van der Waals surface area contributed by atoms with Gasteiger partial charge in [-0.1, -0.05) is 22.0 Å². The van der Waals surface area contributed by atoms with Crippen LogP contribution in [0.15, 0.2) is 28.7 Å². The quantitative estimate of drug-likeness (QED) is 0.778. The van der Waals surface area contributed by atoms with Gasteiger partial charge in [-0.3, -0.25) is 0 Å². The van der Waals surface area contributed by atoms with E-state index >= 15 is 0 Å². The Balaban J connectivity index is 2.13. The van der Waals surface area contributed by atoms with Crippen LogP contribution < -0.4 is 10.6 Å². The summed E-state index contributed by atoms with van der Waals surface area (Å²) in [6.45, 7) is 5.29. The van der Waals surface area contributed by atoms with Crippen LogP contribution in [0.1, 0.15) is 11.3 Å². The molecule has 0 saturated heterocycles. The van der Waals surface area contributed by atoms with Gasteiger partial charge in [0.1, 0.15) is 5.82 Å². The number of benzene rings is 1. The molecule has 1 aromatic carbocycles. The van der Waals surface area contributed by atoms with E-state index in [1.54, 1.807) is 7.11 Å². The maximum absolute atomic E-state index is 5.01. The number of nitrogens with zero attached hydrogens (tertiary/aromatic N) is 2. The molecule has 0 radical (unpaired) electrons. The largest absolute Gasteiger partial charge is 0.383 e. The van der Waals surface area contributed by atoms with E-state index in [2.05, 4.69) is 49.5 Å². The van der Waals surface area contributed by atoms with Gasteiger partial charge in [-0.15, -0.1) is 0 Å². The average Bonchev–Trinajstić information content (AvgIpc) is 2.43. The van der Waals surface area contributed by atoms with Gasteiger partial charge in [-0.25, -0.2) is 4.98 Å². The zero-order chi connectivity index (χ0) is 15.2. The van der Waals surface area contributed by atoms with Crippen LogP contribution in [0.3, 0.4) is 0 Å². The molecule has 112 valence electrons. The molecule has 1 aromatic heterocycles. The van der Waals surface area contributed by atoms with E-state index in [1.165, 1.54) is 5.56 Å². The molecule has 0 atom stereocenters. The van der Waals surface area contributed by atoms with Gasteiger partial charge in [0, 0.05) is 35.6 Å². The lowest BCUT2D eigenvalue weighted by Crippen LogP contribution is -2.11. The Morgan fingerprint density at radius 3 is 2.71 bits per heavy atom. The van der Waals surface area contributed by atoms with Gasteiger partial charge in [0.2, 0.25) is 5.95 Å². The fraction of sp³-hybridized carbons (Fsp3) is 0.333. The number of aromatic nitrogens is 2. The maximum Gasteiger partial charge on any atom is 0.224 e. The number of rotatable bonds is 6. The van der Waals surface area contributed by atoms with Crippen LogP contribution in [-0.2, 0) is 4.74 Å². The predicted molar refractivity (Wildman–Crippen MR) is 89.3 cm³/mol. The first-order valence-electron chi connectivity index (χ1n) is 6.70. The SMILES string of the molecule is COCCNc1nc(C)cc(Nc2ccc(C)c(Br)c2)n1. The molecule has 0 bridgehead atoms. The highest BCUT2D eigenvalue weighted by atomic mass is 79.9. The molecule has 5 nitrogen and oxygen atoms in total. The molecule has 0 aliphatic heterocycles. The van der Waals surface area contributed by atoms with Crippen LogP contribution in [0.25, 0.3) is 0 Å². The number of hydrogen-bond donors (Lipinski definition) is 2. The van der Waals surface area contributed by atoms with Crippen molar-refractivity contribution in [1.29, 1.82) is 0 Å². The van der Waals surface area contributed by atoms with Crippen molar-refractivity contribution in [3.05, 3.63) is 40.0 Å². The van der Waals surface area contributed by atoms with Crippen LogP contribution >= 0.6 is 15.9 Å². The highest BCUT2D eigenvalue weighted by Gasteiger charge is 2.04. The molecule has 6 heteroatoms. The van der Waals surface area contributed by atoms with E-state index < -0.39 is 0 Å². The fourth-order valence-corrected chi connectivity index (χ4v) is 2.17. The van der Waals surface area contributed by atoms with E-state index in [0.29, 0.717) is 19.1 Å². The number of hydrogen-bond acceptors (Lipinski definition) is 5. The lowest BCUT2D eigenvalue weighted by molar-refractivity contribution is 0.210. The van der Waals surface area contributed by atoms with Gasteiger partial charge in [0.15, 0.2) is 0 Å². The van der Waals surface area contributed by atoms with Crippen LogP contribution in [0, 0.1) is 13.8 Å². The summed E-state index contributed by atoms with van der Waals surface area (Å²) in [5, 5.41) is 6.43. The molecule has 0 aliphatic carbocycles. The molecule has 21 heavy (non-hydrogen) atoms. The van der Waals surface area contributed by atoms with E-state index in [4.69, 9.17) is 4.74 Å². The summed E-state index contributed by atoms with van der Waals surface area (Å²) in [6, 6.07) is 8.02. The topological polar surface area (TPSA) is 59.1 Å². The minimum atomic E-state index is 0.598. The lowest BCUT2D eigenvalue weighted by Gasteiger charge is -2.10. The number of aryl methyl sites for hydroxylation is 2. The third-order valence-electron chi connectivity index (χ3n) is 2.89. The molecule has 1 heterocycles. The van der Waals surface area contributed by atoms with Gasteiger partial charge in [-0.05, 0) is 31.5 Å². The van der Waals surface area contributed by atoms with Crippen molar-refractivity contribution in [3.63, 3.8) is 0 Å². The predicted octanol–water partition coefficient (Wildman–Crippen LogP) is 3.66.